The van der Waals surface area contributed by atoms with Crippen LogP contribution in [0.5, 0.6) is 11.5 Å². The lowest BCUT2D eigenvalue weighted by Gasteiger charge is -2.26. The minimum atomic E-state index is 0.270. The molecule has 120 valence electrons. The van der Waals surface area contributed by atoms with Crippen LogP contribution < -0.4 is 9.64 Å². The zero-order valence-corrected chi connectivity index (χ0v) is 13.6. The number of hydrogen-bond acceptors (Lipinski definition) is 2. The van der Waals surface area contributed by atoms with E-state index in [0.29, 0.717) is 5.75 Å². The molecular formula is C20H24NO2+. The molecule has 2 aromatic rings. The standard InChI is InChI=1S/C20H23NO2/c1-3-6-15-11-18(20(22)19(12-15)23-2)14-21-10-9-16-7-4-5-8-17(16)13-21/h3-5,7-8,11-12,22H,1,6,9-10,13-14H2,2H3/p+1. The molecule has 3 nitrogen and oxygen atoms in total. The predicted molar refractivity (Wildman–Crippen MR) is 91.9 cm³/mol. The summed E-state index contributed by atoms with van der Waals surface area (Å²) in [5.41, 5.74) is 4.96. The SMILES string of the molecule is C=CCc1cc(C[NH+]2CCc3ccccc3C2)c(O)c(OC)c1. The lowest BCUT2D eigenvalue weighted by Crippen LogP contribution is -3.10. The molecule has 1 atom stereocenters. The van der Waals surface area contributed by atoms with Crippen molar-refractivity contribution in [2.75, 3.05) is 13.7 Å². The highest BCUT2D eigenvalue weighted by Crippen LogP contribution is 2.31. The highest BCUT2D eigenvalue weighted by atomic mass is 16.5. The second-order valence-corrected chi connectivity index (χ2v) is 6.17. The summed E-state index contributed by atoms with van der Waals surface area (Å²) in [5.74, 6) is 0.822. The van der Waals surface area contributed by atoms with Gasteiger partial charge in [0, 0.05) is 12.0 Å². The molecule has 0 aliphatic carbocycles. The molecule has 0 saturated carbocycles. The Kier molecular flexibility index (Phi) is 4.68. The van der Waals surface area contributed by atoms with Gasteiger partial charge in [-0.25, -0.2) is 0 Å². The first kappa shape index (κ1) is 15.6. The molecule has 0 spiro atoms. The molecule has 1 heterocycles. The van der Waals surface area contributed by atoms with Crippen molar-refractivity contribution in [1.29, 1.82) is 0 Å². The van der Waals surface area contributed by atoms with Crippen LogP contribution in [0, 0.1) is 0 Å². The summed E-state index contributed by atoms with van der Waals surface area (Å²) in [6.45, 7) is 6.69. The van der Waals surface area contributed by atoms with Gasteiger partial charge in [0.05, 0.1) is 19.2 Å². The predicted octanol–water partition coefficient (Wildman–Crippen LogP) is 2.27. The molecule has 1 unspecified atom stereocenters. The van der Waals surface area contributed by atoms with E-state index in [1.807, 2.05) is 12.1 Å². The third kappa shape index (κ3) is 3.40. The van der Waals surface area contributed by atoms with Crippen molar-refractivity contribution in [3.05, 3.63) is 71.3 Å². The summed E-state index contributed by atoms with van der Waals surface area (Å²) in [5, 5.41) is 10.4. The van der Waals surface area contributed by atoms with Gasteiger partial charge in [-0.2, -0.15) is 0 Å². The first-order chi connectivity index (χ1) is 11.2. The molecule has 0 fully saturated rings. The van der Waals surface area contributed by atoms with Crippen molar-refractivity contribution < 1.29 is 14.7 Å². The second kappa shape index (κ2) is 6.88. The van der Waals surface area contributed by atoms with Crippen LogP contribution in [0.1, 0.15) is 22.3 Å². The van der Waals surface area contributed by atoms with Gasteiger partial charge in [-0.15, -0.1) is 6.58 Å². The largest absolute Gasteiger partial charge is 0.504 e. The molecule has 2 N–H and O–H groups in total. The van der Waals surface area contributed by atoms with Crippen LogP contribution in [0.15, 0.2) is 49.1 Å². The number of allylic oxidation sites excluding steroid dienone is 1. The number of phenolic OH excluding ortho intramolecular Hbond substituents is 1. The molecule has 0 bridgehead atoms. The third-order valence-corrected chi connectivity index (χ3v) is 4.56. The number of nitrogens with one attached hydrogen (secondary N) is 1. The molecular weight excluding hydrogens is 286 g/mol. The fraction of sp³-hybridized carbons (Fsp3) is 0.300. The number of ether oxygens (including phenoxy) is 1. The number of rotatable bonds is 5. The topological polar surface area (TPSA) is 33.9 Å². The zero-order valence-electron chi connectivity index (χ0n) is 13.6. The zero-order chi connectivity index (χ0) is 16.2. The number of phenols is 1. The summed E-state index contributed by atoms with van der Waals surface area (Å²) >= 11 is 0. The maximum atomic E-state index is 10.4. The third-order valence-electron chi connectivity index (χ3n) is 4.56. The van der Waals surface area contributed by atoms with E-state index in [0.717, 1.165) is 43.6 Å². The Morgan fingerprint density at radius 1 is 1.26 bits per heavy atom. The van der Waals surface area contributed by atoms with Gasteiger partial charge < -0.3 is 14.7 Å². The minimum Gasteiger partial charge on any atom is -0.504 e. The van der Waals surface area contributed by atoms with Crippen molar-refractivity contribution >= 4 is 0 Å². The van der Waals surface area contributed by atoms with Gasteiger partial charge in [-0.1, -0.05) is 30.3 Å². The maximum Gasteiger partial charge on any atom is 0.166 e. The first-order valence-corrected chi connectivity index (χ1v) is 8.11. The van der Waals surface area contributed by atoms with Crippen LogP contribution in [0.4, 0.5) is 0 Å². The van der Waals surface area contributed by atoms with Gasteiger partial charge in [0.2, 0.25) is 0 Å². The Morgan fingerprint density at radius 3 is 2.78 bits per heavy atom. The number of hydrogen-bond donors (Lipinski definition) is 2. The lowest BCUT2D eigenvalue weighted by molar-refractivity contribution is -0.929. The molecule has 3 heteroatoms. The van der Waals surface area contributed by atoms with Crippen LogP contribution in [0.25, 0.3) is 0 Å². The number of aromatic hydroxyl groups is 1. The summed E-state index contributed by atoms with van der Waals surface area (Å²) in [7, 11) is 1.60. The Morgan fingerprint density at radius 2 is 2.04 bits per heavy atom. The molecule has 1 aliphatic heterocycles. The summed E-state index contributed by atoms with van der Waals surface area (Å²) in [6, 6.07) is 12.6. The summed E-state index contributed by atoms with van der Waals surface area (Å²) < 4.78 is 5.32. The van der Waals surface area contributed by atoms with Gasteiger partial charge in [0.25, 0.3) is 0 Å². The average Bonchev–Trinajstić information content (AvgIpc) is 2.57. The van der Waals surface area contributed by atoms with Crippen molar-refractivity contribution in [2.45, 2.75) is 25.9 Å². The van der Waals surface area contributed by atoms with E-state index in [9.17, 15) is 5.11 Å². The highest BCUT2D eigenvalue weighted by molar-refractivity contribution is 5.48. The van der Waals surface area contributed by atoms with E-state index < -0.39 is 0 Å². The van der Waals surface area contributed by atoms with Crippen molar-refractivity contribution in [2.24, 2.45) is 0 Å². The number of quaternary nitrogens is 1. The van der Waals surface area contributed by atoms with Crippen LogP contribution in [-0.2, 0) is 25.9 Å². The van der Waals surface area contributed by atoms with Gasteiger partial charge in [0.1, 0.15) is 13.1 Å². The lowest BCUT2D eigenvalue weighted by atomic mass is 9.99. The molecule has 0 aromatic heterocycles. The quantitative estimate of drug-likeness (QED) is 0.831. The molecule has 3 rings (SSSR count). The van der Waals surface area contributed by atoms with E-state index in [4.69, 9.17) is 4.74 Å². The van der Waals surface area contributed by atoms with Gasteiger partial charge in [-0.3, -0.25) is 0 Å². The van der Waals surface area contributed by atoms with Gasteiger partial charge >= 0.3 is 0 Å². The number of methoxy groups -OCH3 is 1. The summed E-state index contributed by atoms with van der Waals surface area (Å²) in [4.78, 5) is 1.47. The highest BCUT2D eigenvalue weighted by Gasteiger charge is 2.21. The van der Waals surface area contributed by atoms with Crippen LogP contribution in [-0.4, -0.2) is 18.8 Å². The van der Waals surface area contributed by atoms with Crippen LogP contribution in [0.3, 0.4) is 0 Å². The Bertz CT molecular complexity index is 709. The van der Waals surface area contributed by atoms with E-state index >= 15 is 0 Å². The van der Waals surface area contributed by atoms with Crippen molar-refractivity contribution in [1.82, 2.24) is 0 Å². The monoisotopic (exact) mass is 310 g/mol. The van der Waals surface area contributed by atoms with E-state index in [2.05, 4.69) is 36.9 Å². The van der Waals surface area contributed by atoms with Gasteiger partial charge in [0.15, 0.2) is 11.5 Å². The number of benzene rings is 2. The minimum absolute atomic E-state index is 0.270. The molecule has 23 heavy (non-hydrogen) atoms. The number of fused-ring (bicyclic) bond motifs is 1. The van der Waals surface area contributed by atoms with Crippen molar-refractivity contribution in [3.8, 4) is 11.5 Å². The van der Waals surface area contributed by atoms with Crippen molar-refractivity contribution in [3.63, 3.8) is 0 Å². The molecule has 0 amide bonds. The van der Waals surface area contributed by atoms with Crippen LogP contribution in [0.2, 0.25) is 0 Å². The maximum absolute atomic E-state index is 10.4. The Hall–Kier alpha value is -2.26. The summed E-state index contributed by atoms with van der Waals surface area (Å²) in [6.07, 6.45) is 3.75. The normalized spacial score (nSPS) is 16.7. The van der Waals surface area contributed by atoms with Gasteiger partial charge in [-0.05, 0) is 29.7 Å². The average molecular weight is 310 g/mol. The Balaban J connectivity index is 1.82. The molecule has 1 aliphatic rings. The Labute approximate surface area is 137 Å². The van der Waals surface area contributed by atoms with E-state index in [1.165, 1.54) is 16.0 Å². The van der Waals surface area contributed by atoms with E-state index in [1.54, 1.807) is 7.11 Å². The first-order valence-electron chi connectivity index (χ1n) is 8.11. The second-order valence-electron chi connectivity index (χ2n) is 6.17. The molecule has 2 aromatic carbocycles. The smallest absolute Gasteiger partial charge is 0.166 e. The van der Waals surface area contributed by atoms with Crippen LogP contribution >= 0.6 is 0 Å². The fourth-order valence-electron chi connectivity index (χ4n) is 3.37. The van der Waals surface area contributed by atoms with E-state index in [-0.39, 0.29) is 5.75 Å². The molecule has 0 saturated heterocycles. The fourth-order valence-corrected chi connectivity index (χ4v) is 3.37. The molecule has 0 radical (unpaired) electrons.